The molecule has 0 saturated carbocycles. The summed E-state index contributed by atoms with van der Waals surface area (Å²) in [5.41, 5.74) is 1.19. The summed E-state index contributed by atoms with van der Waals surface area (Å²) in [6.45, 7) is 3.79. The van der Waals surface area contributed by atoms with Crippen LogP contribution in [-0.2, 0) is 4.74 Å². The van der Waals surface area contributed by atoms with E-state index in [-0.39, 0.29) is 6.09 Å². The molecule has 0 unspecified atom stereocenters. The Morgan fingerprint density at radius 2 is 2.25 bits per heavy atom. The van der Waals surface area contributed by atoms with Crippen LogP contribution >= 0.6 is 11.3 Å². The highest BCUT2D eigenvalue weighted by Crippen LogP contribution is 2.33. The fraction of sp³-hybridized carbons (Fsp3) is 0.467. The Kier molecular flexibility index (Phi) is 3.87. The van der Waals surface area contributed by atoms with Crippen molar-refractivity contribution >= 4 is 27.5 Å². The highest BCUT2D eigenvalue weighted by molar-refractivity contribution is 7.17. The second-order valence-electron chi connectivity index (χ2n) is 4.99. The molecule has 0 N–H and O–H groups in total. The second kappa shape index (κ2) is 5.79. The first-order valence-electron chi connectivity index (χ1n) is 7.03. The van der Waals surface area contributed by atoms with Gasteiger partial charge in [-0.25, -0.2) is 4.79 Å². The normalized spacial score (nSPS) is 16.6. The molecular formula is C15H18N2O2S. The third-order valence-electron chi connectivity index (χ3n) is 3.82. The topological polar surface area (TPSA) is 42.4 Å². The summed E-state index contributed by atoms with van der Waals surface area (Å²) in [6.07, 6.45) is 3.63. The minimum absolute atomic E-state index is 0.187. The van der Waals surface area contributed by atoms with Gasteiger partial charge in [0.25, 0.3) is 0 Å². The van der Waals surface area contributed by atoms with Crippen molar-refractivity contribution in [1.29, 1.82) is 0 Å². The monoisotopic (exact) mass is 290 g/mol. The van der Waals surface area contributed by atoms with Crippen molar-refractivity contribution < 1.29 is 9.53 Å². The minimum atomic E-state index is -0.187. The number of likely N-dealkylation sites (tertiary alicyclic amines) is 1. The molecule has 1 amide bonds. The maximum atomic E-state index is 11.7. The van der Waals surface area contributed by atoms with E-state index in [1.807, 2.05) is 13.1 Å². The SMILES string of the molecule is CCOC(=O)N1CCC(c2nccc3sccc23)CC1. The number of thiophene rings is 1. The summed E-state index contributed by atoms with van der Waals surface area (Å²) in [6, 6.07) is 4.22. The van der Waals surface area contributed by atoms with Crippen molar-refractivity contribution in [3.63, 3.8) is 0 Å². The van der Waals surface area contributed by atoms with Crippen LogP contribution in [0.15, 0.2) is 23.7 Å². The van der Waals surface area contributed by atoms with E-state index in [0.29, 0.717) is 12.5 Å². The van der Waals surface area contributed by atoms with Gasteiger partial charge in [0.15, 0.2) is 0 Å². The molecule has 1 saturated heterocycles. The Morgan fingerprint density at radius 3 is 3.00 bits per heavy atom. The molecule has 3 rings (SSSR count). The molecule has 0 aromatic carbocycles. The smallest absolute Gasteiger partial charge is 0.409 e. The van der Waals surface area contributed by atoms with Gasteiger partial charge in [0, 0.05) is 35.3 Å². The van der Waals surface area contributed by atoms with Gasteiger partial charge in [-0.05, 0) is 37.3 Å². The summed E-state index contributed by atoms with van der Waals surface area (Å²) in [5.74, 6) is 0.443. The number of carbonyl (C=O) groups is 1. The Labute approximate surface area is 122 Å². The van der Waals surface area contributed by atoms with Gasteiger partial charge in [0.05, 0.1) is 12.3 Å². The highest BCUT2D eigenvalue weighted by atomic mass is 32.1. The number of aromatic nitrogens is 1. The van der Waals surface area contributed by atoms with Crippen molar-refractivity contribution in [3.05, 3.63) is 29.4 Å². The first-order valence-corrected chi connectivity index (χ1v) is 7.91. The molecule has 4 nitrogen and oxygen atoms in total. The molecule has 1 fully saturated rings. The second-order valence-corrected chi connectivity index (χ2v) is 5.94. The lowest BCUT2D eigenvalue weighted by Crippen LogP contribution is -2.38. The summed E-state index contributed by atoms with van der Waals surface area (Å²) in [5, 5.41) is 3.39. The third-order valence-corrected chi connectivity index (χ3v) is 4.70. The van der Waals surface area contributed by atoms with Crippen LogP contribution in [0.3, 0.4) is 0 Å². The summed E-state index contributed by atoms with van der Waals surface area (Å²) >= 11 is 1.75. The summed E-state index contributed by atoms with van der Waals surface area (Å²) in [4.78, 5) is 18.1. The number of carbonyl (C=O) groups excluding carboxylic acids is 1. The molecule has 3 heterocycles. The lowest BCUT2D eigenvalue weighted by atomic mass is 9.91. The molecule has 1 aliphatic rings. The van der Waals surface area contributed by atoms with Gasteiger partial charge in [-0.3, -0.25) is 4.98 Å². The van der Waals surface area contributed by atoms with Crippen LogP contribution in [-0.4, -0.2) is 35.7 Å². The Hall–Kier alpha value is -1.62. The molecule has 0 aliphatic carbocycles. The number of pyridine rings is 1. The van der Waals surface area contributed by atoms with E-state index in [9.17, 15) is 4.79 Å². The number of fused-ring (bicyclic) bond motifs is 1. The molecule has 0 radical (unpaired) electrons. The van der Waals surface area contributed by atoms with Gasteiger partial charge in [-0.15, -0.1) is 11.3 Å². The minimum Gasteiger partial charge on any atom is -0.450 e. The molecule has 1 aliphatic heterocycles. The molecule has 0 atom stereocenters. The van der Waals surface area contributed by atoms with E-state index >= 15 is 0 Å². The fourth-order valence-electron chi connectivity index (χ4n) is 2.79. The summed E-state index contributed by atoms with van der Waals surface area (Å²) in [7, 11) is 0. The number of nitrogens with zero attached hydrogens (tertiary/aromatic N) is 2. The van der Waals surface area contributed by atoms with Crippen molar-refractivity contribution in [2.24, 2.45) is 0 Å². The van der Waals surface area contributed by atoms with Gasteiger partial charge in [-0.1, -0.05) is 0 Å². The molecule has 5 heteroatoms. The molecule has 20 heavy (non-hydrogen) atoms. The molecule has 0 spiro atoms. The van der Waals surface area contributed by atoms with E-state index in [1.54, 1.807) is 16.2 Å². The predicted octanol–water partition coefficient (Wildman–Crippen LogP) is 3.63. The number of piperidine rings is 1. The van der Waals surface area contributed by atoms with Crippen molar-refractivity contribution in [1.82, 2.24) is 9.88 Å². The predicted molar refractivity (Wildman–Crippen MR) is 80.2 cm³/mol. The Bertz CT molecular complexity index is 603. The largest absolute Gasteiger partial charge is 0.450 e. The molecule has 2 aromatic heterocycles. The molecular weight excluding hydrogens is 272 g/mol. The van der Waals surface area contributed by atoms with E-state index in [2.05, 4.69) is 22.5 Å². The van der Waals surface area contributed by atoms with E-state index in [4.69, 9.17) is 4.74 Å². The average molecular weight is 290 g/mol. The van der Waals surface area contributed by atoms with Crippen molar-refractivity contribution in [3.8, 4) is 0 Å². The van der Waals surface area contributed by atoms with Crippen LogP contribution in [0.2, 0.25) is 0 Å². The zero-order valence-electron chi connectivity index (χ0n) is 11.5. The Balaban J connectivity index is 1.72. The average Bonchev–Trinajstić information content (AvgIpc) is 2.96. The third kappa shape index (κ3) is 2.50. The maximum absolute atomic E-state index is 11.7. The number of ether oxygens (including phenoxy) is 1. The number of rotatable bonds is 2. The maximum Gasteiger partial charge on any atom is 0.409 e. The van der Waals surface area contributed by atoms with Gasteiger partial charge in [0.2, 0.25) is 0 Å². The lowest BCUT2D eigenvalue weighted by molar-refractivity contribution is 0.0969. The zero-order chi connectivity index (χ0) is 13.9. The van der Waals surface area contributed by atoms with Gasteiger partial charge in [0.1, 0.15) is 0 Å². The highest BCUT2D eigenvalue weighted by Gasteiger charge is 2.26. The fourth-order valence-corrected chi connectivity index (χ4v) is 3.58. The number of amides is 1. The van der Waals surface area contributed by atoms with Crippen LogP contribution < -0.4 is 0 Å². The number of hydrogen-bond acceptors (Lipinski definition) is 4. The molecule has 106 valence electrons. The van der Waals surface area contributed by atoms with Crippen molar-refractivity contribution in [2.45, 2.75) is 25.7 Å². The van der Waals surface area contributed by atoms with E-state index < -0.39 is 0 Å². The first-order chi connectivity index (χ1) is 9.79. The van der Waals surface area contributed by atoms with Gasteiger partial charge < -0.3 is 9.64 Å². The van der Waals surface area contributed by atoms with Gasteiger partial charge in [-0.2, -0.15) is 0 Å². The van der Waals surface area contributed by atoms with Crippen LogP contribution in [0.5, 0.6) is 0 Å². The van der Waals surface area contributed by atoms with Crippen LogP contribution in [0.1, 0.15) is 31.4 Å². The van der Waals surface area contributed by atoms with Gasteiger partial charge >= 0.3 is 6.09 Å². The van der Waals surface area contributed by atoms with Crippen molar-refractivity contribution in [2.75, 3.05) is 19.7 Å². The van der Waals surface area contributed by atoms with Crippen LogP contribution in [0.25, 0.3) is 10.1 Å². The van der Waals surface area contributed by atoms with Crippen LogP contribution in [0, 0.1) is 0 Å². The van der Waals surface area contributed by atoms with E-state index in [1.165, 1.54) is 15.8 Å². The summed E-state index contributed by atoms with van der Waals surface area (Å²) < 4.78 is 6.35. The molecule has 2 aromatic rings. The molecule has 0 bridgehead atoms. The quantitative estimate of drug-likeness (QED) is 0.848. The number of hydrogen-bond donors (Lipinski definition) is 0. The zero-order valence-corrected chi connectivity index (χ0v) is 12.4. The van der Waals surface area contributed by atoms with E-state index in [0.717, 1.165) is 25.9 Å². The first kappa shape index (κ1) is 13.4. The Morgan fingerprint density at radius 1 is 1.45 bits per heavy atom. The standard InChI is InChI=1S/C15H18N2O2S/c1-2-19-15(18)17-8-4-11(5-9-17)14-12-6-10-20-13(12)3-7-16-14/h3,6-7,10-11H,2,4-5,8-9H2,1H3. The lowest BCUT2D eigenvalue weighted by Gasteiger charge is -2.31. The van der Waals surface area contributed by atoms with Crippen LogP contribution in [0.4, 0.5) is 4.79 Å².